The van der Waals surface area contributed by atoms with Gasteiger partial charge in [0.05, 0.1) is 4.08 Å². The lowest BCUT2D eigenvalue weighted by Crippen LogP contribution is -2.37. The number of hydrogen-bond acceptors (Lipinski definition) is 2. The minimum absolute atomic E-state index is 0.116. The van der Waals surface area contributed by atoms with Crippen LogP contribution in [0.4, 0.5) is 0 Å². The van der Waals surface area contributed by atoms with E-state index in [0.717, 1.165) is 6.42 Å². The van der Waals surface area contributed by atoms with Crippen molar-refractivity contribution in [3.8, 4) is 0 Å². The maximum absolute atomic E-state index is 4.02. The van der Waals surface area contributed by atoms with Gasteiger partial charge in [0.1, 0.15) is 0 Å². The molecule has 0 N–H and O–H groups in total. The van der Waals surface area contributed by atoms with Crippen molar-refractivity contribution in [3.05, 3.63) is 24.8 Å². The topological polar surface area (TPSA) is 0 Å². The first-order valence-electron chi connectivity index (χ1n) is 4.73. The molecule has 0 aromatic heterocycles. The van der Waals surface area contributed by atoms with Gasteiger partial charge in [-0.1, -0.05) is 25.5 Å². The second-order valence-corrected chi connectivity index (χ2v) is 6.69. The van der Waals surface area contributed by atoms with Gasteiger partial charge in [-0.2, -0.15) is 0 Å². The van der Waals surface area contributed by atoms with E-state index in [1.807, 2.05) is 23.5 Å². The van der Waals surface area contributed by atoms with E-state index in [0.29, 0.717) is 0 Å². The van der Waals surface area contributed by atoms with Gasteiger partial charge in [-0.15, -0.1) is 36.7 Å². The van der Waals surface area contributed by atoms with Crippen molar-refractivity contribution in [1.29, 1.82) is 0 Å². The largest absolute Gasteiger partial charge is 0.146 e. The van der Waals surface area contributed by atoms with Gasteiger partial charge in [0.25, 0.3) is 0 Å². The molecule has 0 rings (SSSR count). The van der Waals surface area contributed by atoms with Gasteiger partial charge in [-0.3, -0.25) is 0 Å². The number of allylic oxidation sites excluding steroid dienone is 2. The first-order chi connectivity index (χ1) is 6.35. The molecule has 0 aliphatic carbocycles. The Labute approximate surface area is 97.6 Å². The molecule has 0 aromatic carbocycles. The fourth-order valence-corrected chi connectivity index (χ4v) is 4.20. The average Bonchev–Trinajstić information content (AvgIpc) is 2.13. The Morgan fingerprint density at radius 2 is 1.71 bits per heavy atom. The summed E-state index contributed by atoms with van der Waals surface area (Å²) in [6.45, 7) is 14.6. The van der Waals surface area contributed by atoms with E-state index in [4.69, 9.17) is 0 Å². The molecule has 0 nitrogen and oxygen atoms in total. The highest BCUT2D eigenvalue weighted by Gasteiger charge is 2.41. The van der Waals surface area contributed by atoms with Gasteiger partial charge in [0.15, 0.2) is 0 Å². The predicted molar refractivity (Wildman–Crippen MR) is 73.2 cm³/mol. The summed E-state index contributed by atoms with van der Waals surface area (Å²) in [6, 6.07) is 0. The van der Waals surface area contributed by atoms with Crippen LogP contribution in [0.3, 0.4) is 0 Å². The summed E-state index contributed by atoms with van der Waals surface area (Å²) in [5.74, 6) is 0. The third-order valence-corrected chi connectivity index (χ3v) is 6.35. The maximum Gasteiger partial charge on any atom is 0.0726 e. The summed E-state index contributed by atoms with van der Waals surface area (Å²) < 4.78 is 0.167. The summed E-state index contributed by atoms with van der Waals surface area (Å²) >= 11 is 3.82. The molecule has 82 valence electrons. The van der Waals surface area contributed by atoms with Crippen LogP contribution in [0.5, 0.6) is 0 Å². The minimum Gasteiger partial charge on any atom is -0.146 e. The van der Waals surface area contributed by atoms with Gasteiger partial charge in [0, 0.05) is 5.41 Å². The normalized spacial score (nSPS) is 12.6. The molecular formula is C12H22S2. The van der Waals surface area contributed by atoms with E-state index >= 15 is 0 Å². The molecule has 0 aliphatic heterocycles. The molecule has 0 spiro atoms. The third kappa shape index (κ3) is 2.83. The minimum atomic E-state index is 0.116. The Hall–Kier alpha value is 0.180. The van der Waals surface area contributed by atoms with Gasteiger partial charge < -0.3 is 0 Å². The van der Waals surface area contributed by atoms with Crippen molar-refractivity contribution < 1.29 is 0 Å². The van der Waals surface area contributed by atoms with E-state index in [2.05, 4.69) is 52.5 Å². The number of thioether (sulfide) groups is 2. The van der Waals surface area contributed by atoms with Crippen LogP contribution in [0.2, 0.25) is 0 Å². The fourth-order valence-electron chi connectivity index (χ4n) is 1.53. The quantitative estimate of drug-likeness (QED) is 0.483. The summed E-state index contributed by atoms with van der Waals surface area (Å²) in [4.78, 5) is 0. The maximum atomic E-state index is 4.02. The fraction of sp³-hybridized carbons (Fsp3) is 0.667. The van der Waals surface area contributed by atoms with Crippen LogP contribution in [0, 0.1) is 5.41 Å². The lowest BCUT2D eigenvalue weighted by Gasteiger charge is -2.43. The van der Waals surface area contributed by atoms with E-state index in [-0.39, 0.29) is 9.49 Å². The van der Waals surface area contributed by atoms with Crippen LogP contribution in [0.25, 0.3) is 0 Å². The summed E-state index contributed by atoms with van der Waals surface area (Å²) in [5, 5.41) is 0. The third-order valence-electron chi connectivity index (χ3n) is 2.69. The second-order valence-electron chi connectivity index (χ2n) is 4.22. The summed E-state index contributed by atoms with van der Waals surface area (Å²) in [5.41, 5.74) is 1.36. The van der Waals surface area contributed by atoms with E-state index < -0.39 is 0 Å². The second kappa shape index (κ2) is 5.32. The molecule has 0 radical (unpaired) electrons. The van der Waals surface area contributed by atoms with Crippen LogP contribution in [-0.4, -0.2) is 16.6 Å². The van der Waals surface area contributed by atoms with Crippen LogP contribution < -0.4 is 0 Å². The monoisotopic (exact) mass is 230 g/mol. The molecule has 0 saturated heterocycles. The first kappa shape index (κ1) is 14.2. The average molecular weight is 230 g/mol. The summed E-state index contributed by atoms with van der Waals surface area (Å²) in [7, 11) is 0. The van der Waals surface area contributed by atoms with Crippen LogP contribution >= 0.6 is 23.5 Å². The van der Waals surface area contributed by atoms with E-state index in [1.165, 1.54) is 5.57 Å². The zero-order valence-corrected chi connectivity index (χ0v) is 11.6. The van der Waals surface area contributed by atoms with Crippen molar-refractivity contribution in [3.63, 3.8) is 0 Å². The lowest BCUT2D eigenvalue weighted by molar-refractivity contribution is 0.424. The molecule has 0 aliphatic rings. The van der Waals surface area contributed by atoms with Crippen molar-refractivity contribution in [2.45, 2.75) is 31.3 Å². The van der Waals surface area contributed by atoms with Crippen LogP contribution in [0.1, 0.15) is 27.2 Å². The molecule has 0 fully saturated rings. The molecular weight excluding hydrogens is 208 g/mol. The van der Waals surface area contributed by atoms with Crippen molar-refractivity contribution >= 4 is 23.5 Å². The van der Waals surface area contributed by atoms with Crippen LogP contribution in [0.15, 0.2) is 24.8 Å². The van der Waals surface area contributed by atoms with Crippen molar-refractivity contribution in [1.82, 2.24) is 0 Å². The summed E-state index contributed by atoms with van der Waals surface area (Å²) in [6.07, 6.45) is 7.44. The van der Waals surface area contributed by atoms with Crippen LogP contribution in [-0.2, 0) is 0 Å². The van der Waals surface area contributed by atoms with E-state index in [1.54, 1.807) is 0 Å². The molecule has 0 saturated carbocycles. The Balaban J connectivity index is 5.05. The smallest absolute Gasteiger partial charge is 0.0726 e. The molecule has 0 heterocycles. The Morgan fingerprint density at radius 1 is 1.29 bits per heavy atom. The Morgan fingerprint density at radius 3 is 1.93 bits per heavy atom. The molecule has 2 heteroatoms. The number of rotatable bonds is 6. The van der Waals surface area contributed by atoms with Crippen molar-refractivity contribution in [2.24, 2.45) is 5.41 Å². The van der Waals surface area contributed by atoms with Gasteiger partial charge in [0.2, 0.25) is 0 Å². The highest BCUT2D eigenvalue weighted by Crippen LogP contribution is 2.52. The predicted octanol–water partition coefficient (Wildman–Crippen LogP) is 4.59. The molecule has 0 bridgehead atoms. The zero-order valence-electron chi connectivity index (χ0n) is 10.0. The Bertz CT molecular complexity index is 212. The zero-order chi connectivity index (χ0) is 11.4. The molecule has 0 unspecified atom stereocenters. The number of hydrogen-bond donors (Lipinski definition) is 0. The Kier molecular flexibility index (Phi) is 5.38. The first-order valence-corrected chi connectivity index (χ1v) is 7.18. The molecule has 14 heavy (non-hydrogen) atoms. The van der Waals surface area contributed by atoms with Crippen molar-refractivity contribution in [2.75, 3.05) is 12.5 Å². The molecule has 0 amide bonds. The molecule has 0 atom stereocenters. The van der Waals surface area contributed by atoms with Gasteiger partial charge in [-0.25, -0.2) is 0 Å². The highest BCUT2D eigenvalue weighted by molar-refractivity contribution is 8.17. The standard InChI is InChI=1S/C12H22S2/c1-8-11(4,5)12(13-6,14-7)9-10(2)3/h8H,1-2,9H2,3-7H3. The molecule has 0 aromatic rings. The van der Waals surface area contributed by atoms with E-state index in [9.17, 15) is 0 Å². The SMILES string of the molecule is C=CC(C)(C)C(CC(=C)C)(SC)SC. The van der Waals surface area contributed by atoms with Gasteiger partial charge in [-0.05, 0) is 25.9 Å². The lowest BCUT2D eigenvalue weighted by atomic mass is 9.85. The highest BCUT2D eigenvalue weighted by atomic mass is 32.2. The van der Waals surface area contributed by atoms with Gasteiger partial charge >= 0.3 is 0 Å².